The van der Waals surface area contributed by atoms with Crippen LogP contribution in [0.25, 0.3) is 0 Å². The summed E-state index contributed by atoms with van der Waals surface area (Å²) < 4.78 is 12.8. The fourth-order valence-electron chi connectivity index (χ4n) is 5.03. The van der Waals surface area contributed by atoms with Gasteiger partial charge in [0, 0.05) is 34.7 Å². The van der Waals surface area contributed by atoms with Gasteiger partial charge in [0.05, 0.1) is 11.1 Å². The summed E-state index contributed by atoms with van der Waals surface area (Å²) in [5.74, 6) is 1.03. The lowest BCUT2D eigenvalue weighted by molar-refractivity contribution is 0.0227. The summed E-state index contributed by atoms with van der Waals surface area (Å²) >= 11 is 0. The average molecular weight is 449 g/mol. The number of ether oxygens (including phenoxy) is 2. The molecule has 2 heterocycles. The molecule has 0 fully saturated rings. The molecule has 0 saturated heterocycles. The maximum Gasteiger partial charge on any atom is 0.340 e. The molecule has 0 amide bonds. The van der Waals surface area contributed by atoms with Crippen molar-refractivity contribution in [2.75, 3.05) is 17.2 Å². The number of benzene rings is 4. The predicted molar refractivity (Wildman–Crippen MR) is 133 cm³/mol. The molecule has 0 aliphatic carbocycles. The predicted octanol–water partition coefficient (Wildman–Crippen LogP) is 6.74. The largest absolute Gasteiger partial charge is 0.456 e. The van der Waals surface area contributed by atoms with Crippen LogP contribution in [0.1, 0.15) is 39.5 Å². The highest BCUT2D eigenvalue weighted by Gasteiger charge is 2.54. The second-order valence-corrected chi connectivity index (χ2v) is 8.58. The van der Waals surface area contributed by atoms with Crippen LogP contribution in [0.3, 0.4) is 0 Å². The van der Waals surface area contributed by atoms with Crippen molar-refractivity contribution in [3.8, 4) is 11.5 Å². The fourth-order valence-corrected chi connectivity index (χ4v) is 5.03. The highest BCUT2D eigenvalue weighted by atomic mass is 16.6. The summed E-state index contributed by atoms with van der Waals surface area (Å²) in [7, 11) is 0. The first-order valence-electron chi connectivity index (χ1n) is 11.5. The summed E-state index contributed by atoms with van der Waals surface area (Å²) in [4.78, 5) is 13.2. The standard InChI is InChI=1S/C29H24N2O3/c1-3-30-23-14-9-15-25-27(23)29(21-13-8-7-12-20(21)28(32)34-29)22-17-24(18(2)16-26(22)33-25)31-19-10-5-4-6-11-19/h4-17,30-31H,3H2,1-2H3. The normalized spacial score (nSPS) is 17.3. The van der Waals surface area contributed by atoms with Gasteiger partial charge < -0.3 is 20.1 Å². The van der Waals surface area contributed by atoms with Crippen LogP contribution in [0.5, 0.6) is 11.5 Å². The zero-order valence-corrected chi connectivity index (χ0v) is 19.0. The van der Waals surface area contributed by atoms with Crippen molar-refractivity contribution in [2.45, 2.75) is 19.4 Å². The molecule has 4 aromatic rings. The lowest BCUT2D eigenvalue weighted by Gasteiger charge is -2.38. The monoisotopic (exact) mass is 448 g/mol. The van der Waals surface area contributed by atoms with Crippen LogP contribution < -0.4 is 15.4 Å². The van der Waals surface area contributed by atoms with Crippen molar-refractivity contribution in [1.82, 2.24) is 0 Å². The molecule has 1 unspecified atom stereocenters. The number of rotatable bonds is 4. The van der Waals surface area contributed by atoms with Crippen molar-refractivity contribution in [3.63, 3.8) is 0 Å². The third-order valence-corrected chi connectivity index (χ3v) is 6.50. The molecule has 2 aliphatic rings. The molecule has 34 heavy (non-hydrogen) atoms. The Kier molecular flexibility index (Phi) is 4.59. The second-order valence-electron chi connectivity index (χ2n) is 8.58. The molecule has 2 N–H and O–H groups in total. The second kappa shape index (κ2) is 7.66. The van der Waals surface area contributed by atoms with Gasteiger partial charge in [-0.3, -0.25) is 0 Å². The minimum Gasteiger partial charge on any atom is -0.456 e. The molecule has 0 saturated carbocycles. The highest BCUT2D eigenvalue weighted by molar-refractivity contribution is 5.97. The summed E-state index contributed by atoms with van der Waals surface area (Å²) in [5, 5.41) is 6.96. The van der Waals surface area contributed by atoms with E-state index in [9.17, 15) is 4.79 Å². The number of nitrogens with one attached hydrogen (secondary N) is 2. The molecule has 1 spiro atoms. The highest BCUT2D eigenvalue weighted by Crippen LogP contribution is 2.58. The van der Waals surface area contributed by atoms with Gasteiger partial charge >= 0.3 is 5.97 Å². The minimum atomic E-state index is -1.11. The first kappa shape index (κ1) is 20.4. The average Bonchev–Trinajstić information content (AvgIpc) is 3.14. The third-order valence-electron chi connectivity index (χ3n) is 6.50. The summed E-state index contributed by atoms with van der Waals surface area (Å²) in [5.41, 5.74) is 5.72. The Balaban J connectivity index is 1.64. The molecule has 0 bridgehead atoms. The lowest BCUT2D eigenvalue weighted by Crippen LogP contribution is -2.34. The lowest BCUT2D eigenvalue weighted by atomic mass is 9.76. The topological polar surface area (TPSA) is 59.6 Å². The van der Waals surface area contributed by atoms with E-state index in [2.05, 4.69) is 16.7 Å². The number of para-hydroxylation sites is 1. The molecule has 2 aliphatic heterocycles. The number of fused-ring (bicyclic) bond motifs is 6. The summed E-state index contributed by atoms with van der Waals surface area (Å²) in [6, 6.07) is 27.6. The van der Waals surface area contributed by atoms with Gasteiger partial charge in [-0.1, -0.05) is 42.5 Å². The molecule has 0 aromatic heterocycles. The van der Waals surface area contributed by atoms with Crippen LogP contribution in [-0.4, -0.2) is 12.5 Å². The Bertz CT molecular complexity index is 1430. The first-order chi connectivity index (χ1) is 16.6. The van der Waals surface area contributed by atoms with Gasteiger partial charge in [-0.25, -0.2) is 4.79 Å². The molecule has 5 nitrogen and oxygen atoms in total. The molecular formula is C29H24N2O3. The zero-order chi connectivity index (χ0) is 23.3. The van der Waals surface area contributed by atoms with Gasteiger partial charge in [-0.2, -0.15) is 0 Å². The zero-order valence-electron chi connectivity index (χ0n) is 19.0. The van der Waals surface area contributed by atoms with Crippen molar-refractivity contribution in [3.05, 3.63) is 113 Å². The Morgan fingerprint density at radius 1 is 0.824 bits per heavy atom. The van der Waals surface area contributed by atoms with Crippen molar-refractivity contribution >= 4 is 23.0 Å². The number of esters is 1. The van der Waals surface area contributed by atoms with E-state index in [4.69, 9.17) is 9.47 Å². The first-order valence-corrected chi connectivity index (χ1v) is 11.5. The van der Waals surface area contributed by atoms with Gasteiger partial charge in [-0.15, -0.1) is 0 Å². The molecular weight excluding hydrogens is 424 g/mol. The van der Waals surface area contributed by atoms with Gasteiger partial charge in [0.15, 0.2) is 5.60 Å². The minimum absolute atomic E-state index is 0.334. The number of hydrogen-bond acceptors (Lipinski definition) is 5. The van der Waals surface area contributed by atoms with E-state index < -0.39 is 5.60 Å². The Labute approximate surface area is 198 Å². The number of hydrogen-bond donors (Lipinski definition) is 2. The number of aryl methyl sites for hydroxylation is 1. The van der Waals surface area contributed by atoms with Gasteiger partial charge in [0.1, 0.15) is 11.5 Å². The Hall–Kier alpha value is -4.25. The quantitative estimate of drug-likeness (QED) is 0.339. The van der Waals surface area contributed by atoms with E-state index in [1.807, 2.05) is 92.7 Å². The number of anilines is 3. The Morgan fingerprint density at radius 3 is 2.44 bits per heavy atom. The maximum atomic E-state index is 13.2. The van der Waals surface area contributed by atoms with Gasteiger partial charge in [-0.05, 0) is 61.9 Å². The maximum absolute atomic E-state index is 13.2. The third kappa shape index (κ3) is 2.90. The van der Waals surface area contributed by atoms with E-state index in [1.54, 1.807) is 0 Å². The van der Waals surface area contributed by atoms with Crippen LogP contribution >= 0.6 is 0 Å². The van der Waals surface area contributed by atoms with Gasteiger partial charge in [0.2, 0.25) is 0 Å². The van der Waals surface area contributed by atoms with Crippen molar-refractivity contribution < 1.29 is 14.3 Å². The van der Waals surface area contributed by atoms with E-state index in [0.717, 1.165) is 45.9 Å². The molecule has 168 valence electrons. The van der Waals surface area contributed by atoms with Crippen LogP contribution in [0.15, 0.2) is 84.9 Å². The van der Waals surface area contributed by atoms with Crippen LogP contribution in [0, 0.1) is 6.92 Å². The van der Waals surface area contributed by atoms with E-state index in [-0.39, 0.29) is 5.97 Å². The van der Waals surface area contributed by atoms with Crippen LogP contribution in [0.2, 0.25) is 0 Å². The van der Waals surface area contributed by atoms with Crippen LogP contribution in [-0.2, 0) is 10.3 Å². The molecule has 4 aromatic carbocycles. The fraction of sp³-hybridized carbons (Fsp3) is 0.138. The number of carbonyl (C=O) groups excluding carboxylic acids is 1. The van der Waals surface area contributed by atoms with Crippen LogP contribution in [0.4, 0.5) is 17.1 Å². The molecule has 1 atom stereocenters. The SMILES string of the molecule is CCNc1cccc2c1C1(OC(=O)c3ccccc31)c1cc(Nc3ccccc3)c(C)cc1O2. The Morgan fingerprint density at radius 2 is 1.62 bits per heavy atom. The summed E-state index contributed by atoms with van der Waals surface area (Å²) in [6.45, 7) is 4.81. The summed E-state index contributed by atoms with van der Waals surface area (Å²) in [6.07, 6.45) is 0. The number of carbonyl (C=O) groups is 1. The van der Waals surface area contributed by atoms with Gasteiger partial charge in [0.25, 0.3) is 0 Å². The van der Waals surface area contributed by atoms with Crippen molar-refractivity contribution in [2.24, 2.45) is 0 Å². The smallest absolute Gasteiger partial charge is 0.340 e. The van der Waals surface area contributed by atoms with E-state index >= 15 is 0 Å². The molecule has 0 radical (unpaired) electrons. The van der Waals surface area contributed by atoms with E-state index in [1.165, 1.54) is 0 Å². The van der Waals surface area contributed by atoms with E-state index in [0.29, 0.717) is 17.1 Å². The van der Waals surface area contributed by atoms with Crippen molar-refractivity contribution in [1.29, 1.82) is 0 Å². The molecule has 5 heteroatoms. The molecule has 6 rings (SSSR count).